The van der Waals surface area contributed by atoms with E-state index in [0.717, 1.165) is 24.3 Å². The summed E-state index contributed by atoms with van der Waals surface area (Å²) in [6.07, 6.45) is 3.35. The topological polar surface area (TPSA) is 108 Å². The van der Waals surface area contributed by atoms with E-state index in [9.17, 15) is 20.0 Å². The first-order chi connectivity index (χ1) is 12.0. The summed E-state index contributed by atoms with van der Waals surface area (Å²) >= 11 is 0. The molecule has 3 rings (SSSR count). The summed E-state index contributed by atoms with van der Waals surface area (Å²) in [6.45, 7) is 1.96. The Hall–Kier alpha value is -2.58. The number of rotatable bonds is 5. The van der Waals surface area contributed by atoms with Crippen LogP contribution in [0.2, 0.25) is 0 Å². The molecule has 0 spiro atoms. The van der Waals surface area contributed by atoms with Crippen molar-refractivity contribution >= 4 is 17.3 Å². The highest BCUT2D eigenvalue weighted by Gasteiger charge is 2.21. The Kier molecular flexibility index (Phi) is 5.20. The number of hydrogen-bond donors (Lipinski definition) is 2. The molecular formula is C17H20N4O4. The normalized spacial score (nSPS) is 19.6. The van der Waals surface area contributed by atoms with Crippen molar-refractivity contribution < 1.29 is 14.8 Å². The molecule has 0 saturated heterocycles. The van der Waals surface area contributed by atoms with Gasteiger partial charge in [0.2, 0.25) is 5.91 Å². The maximum Gasteiger partial charge on any atom is 0.269 e. The van der Waals surface area contributed by atoms with E-state index in [1.165, 1.54) is 12.1 Å². The van der Waals surface area contributed by atoms with Crippen LogP contribution < -0.4 is 5.43 Å². The zero-order valence-corrected chi connectivity index (χ0v) is 13.7. The molecule has 1 amide bonds. The van der Waals surface area contributed by atoms with Crippen LogP contribution in [0.5, 0.6) is 0 Å². The summed E-state index contributed by atoms with van der Waals surface area (Å²) in [5.74, 6) is -0.0481. The van der Waals surface area contributed by atoms with Gasteiger partial charge in [-0.05, 0) is 29.7 Å². The number of nitro groups is 1. The summed E-state index contributed by atoms with van der Waals surface area (Å²) < 4.78 is 0. The van der Waals surface area contributed by atoms with Crippen molar-refractivity contribution in [1.29, 1.82) is 0 Å². The van der Waals surface area contributed by atoms with Gasteiger partial charge in [0, 0.05) is 44.6 Å². The maximum atomic E-state index is 11.1. The van der Waals surface area contributed by atoms with E-state index in [2.05, 4.69) is 21.5 Å². The van der Waals surface area contributed by atoms with Gasteiger partial charge in [0.25, 0.3) is 5.69 Å². The molecule has 0 radical (unpaired) electrons. The molecule has 8 heteroatoms. The maximum absolute atomic E-state index is 11.1. The van der Waals surface area contributed by atoms with E-state index in [-0.39, 0.29) is 11.6 Å². The Morgan fingerprint density at radius 1 is 1.28 bits per heavy atom. The highest BCUT2D eigenvalue weighted by Crippen LogP contribution is 2.21. The summed E-state index contributed by atoms with van der Waals surface area (Å²) in [6, 6.07) is 5.99. The number of aliphatic hydroxyl groups excluding tert-OH is 1. The van der Waals surface area contributed by atoms with Gasteiger partial charge >= 0.3 is 0 Å². The van der Waals surface area contributed by atoms with Crippen molar-refractivity contribution in [2.75, 3.05) is 19.6 Å². The van der Waals surface area contributed by atoms with Gasteiger partial charge in [-0.3, -0.25) is 19.8 Å². The molecule has 1 aromatic carbocycles. The number of nitrogens with zero attached hydrogens (tertiary/aromatic N) is 3. The highest BCUT2D eigenvalue weighted by molar-refractivity contribution is 6.03. The summed E-state index contributed by atoms with van der Waals surface area (Å²) in [5, 5.41) is 25.1. The fourth-order valence-electron chi connectivity index (χ4n) is 3.01. The number of aliphatic hydroxyl groups is 1. The molecule has 2 aliphatic heterocycles. The van der Waals surface area contributed by atoms with E-state index < -0.39 is 11.0 Å². The number of hydrazone groups is 1. The van der Waals surface area contributed by atoms with Gasteiger partial charge in [0.05, 0.1) is 16.7 Å². The van der Waals surface area contributed by atoms with Gasteiger partial charge in [0.1, 0.15) is 0 Å². The third kappa shape index (κ3) is 4.28. The van der Waals surface area contributed by atoms with Crippen molar-refractivity contribution in [3.63, 3.8) is 0 Å². The van der Waals surface area contributed by atoms with Crippen LogP contribution in [0.3, 0.4) is 0 Å². The van der Waals surface area contributed by atoms with Crippen LogP contribution in [0.25, 0.3) is 0 Å². The van der Waals surface area contributed by atoms with Crippen molar-refractivity contribution in [1.82, 2.24) is 10.3 Å². The standard InChI is InChI=1S/C17H20N4O4/c22-16(13-1-3-14(4-2-13)21(24)25)11-20-9-7-12(8-10-20)15-5-6-17(23)19-18-15/h1-4,7,16,22H,5-6,8-11H2,(H,19,23). The predicted molar refractivity (Wildman–Crippen MR) is 92.0 cm³/mol. The van der Waals surface area contributed by atoms with E-state index >= 15 is 0 Å². The number of nitro benzene ring substituents is 1. The predicted octanol–water partition coefficient (Wildman–Crippen LogP) is 1.53. The summed E-state index contributed by atoms with van der Waals surface area (Å²) in [5.41, 5.74) is 5.29. The molecule has 2 heterocycles. The second-order valence-electron chi connectivity index (χ2n) is 6.20. The molecule has 132 valence electrons. The van der Waals surface area contributed by atoms with Crippen LogP contribution in [-0.4, -0.2) is 46.2 Å². The number of nitrogens with one attached hydrogen (secondary N) is 1. The minimum Gasteiger partial charge on any atom is -0.387 e. The first kappa shape index (κ1) is 17.2. The molecule has 8 nitrogen and oxygen atoms in total. The van der Waals surface area contributed by atoms with Crippen LogP contribution in [0, 0.1) is 10.1 Å². The molecule has 1 atom stereocenters. The lowest BCUT2D eigenvalue weighted by atomic mass is 9.98. The average molecular weight is 344 g/mol. The van der Waals surface area contributed by atoms with Crippen molar-refractivity contribution in [2.45, 2.75) is 25.4 Å². The molecular weight excluding hydrogens is 324 g/mol. The molecule has 0 aromatic heterocycles. The second kappa shape index (κ2) is 7.54. The van der Waals surface area contributed by atoms with Gasteiger partial charge in [-0.2, -0.15) is 5.10 Å². The highest BCUT2D eigenvalue weighted by atomic mass is 16.6. The third-order valence-electron chi connectivity index (χ3n) is 4.49. The van der Waals surface area contributed by atoms with E-state index in [0.29, 0.717) is 31.5 Å². The Morgan fingerprint density at radius 2 is 2.04 bits per heavy atom. The molecule has 0 fully saturated rings. The lowest BCUT2D eigenvalue weighted by Gasteiger charge is -2.29. The minimum atomic E-state index is -0.693. The number of amides is 1. The van der Waals surface area contributed by atoms with Crippen LogP contribution in [0.1, 0.15) is 30.9 Å². The molecule has 2 aliphatic rings. The summed E-state index contributed by atoms with van der Waals surface area (Å²) in [7, 11) is 0. The van der Waals surface area contributed by atoms with E-state index in [1.54, 1.807) is 12.1 Å². The molecule has 25 heavy (non-hydrogen) atoms. The first-order valence-electron chi connectivity index (χ1n) is 8.22. The number of hydrogen-bond acceptors (Lipinski definition) is 6. The van der Waals surface area contributed by atoms with Gasteiger partial charge in [0.15, 0.2) is 0 Å². The zero-order valence-electron chi connectivity index (χ0n) is 13.7. The van der Waals surface area contributed by atoms with E-state index in [1.807, 2.05) is 0 Å². The third-order valence-corrected chi connectivity index (χ3v) is 4.49. The number of non-ortho nitro benzene ring substituents is 1. The minimum absolute atomic E-state index is 0.0156. The summed E-state index contributed by atoms with van der Waals surface area (Å²) in [4.78, 5) is 23.5. The second-order valence-corrected chi connectivity index (χ2v) is 6.20. The van der Waals surface area contributed by atoms with Crippen molar-refractivity contribution in [3.8, 4) is 0 Å². The van der Waals surface area contributed by atoms with Gasteiger partial charge in [-0.15, -0.1) is 0 Å². The Morgan fingerprint density at radius 3 is 2.60 bits per heavy atom. The zero-order chi connectivity index (χ0) is 17.8. The lowest BCUT2D eigenvalue weighted by molar-refractivity contribution is -0.384. The van der Waals surface area contributed by atoms with Crippen molar-refractivity contribution in [3.05, 3.63) is 51.6 Å². The molecule has 1 unspecified atom stereocenters. The van der Waals surface area contributed by atoms with Crippen molar-refractivity contribution in [2.24, 2.45) is 5.10 Å². The number of carbonyl (C=O) groups is 1. The van der Waals surface area contributed by atoms with Crippen LogP contribution in [0.15, 0.2) is 41.0 Å². The van der Waals surface area contributed by atoms with Crippen LogP contribution in [-0.2, 0) is 4.79 Å². The lowest BCUT2D eigenvalue weighted by Crippen LogP contribution is -2.35. The van der Waals surface area contributed by atoms with Crippen LogP contribution >= 0.6 is 0 Å². The fraction of sp³-hybridized carbons (Fsp3) is 0.412. The average Bonchev–Trinajstić information content (AvgIpc) is 2.63. The number of benzene rings is 1. The molecule has 1 aromatic rings. The number of carbonyl (C=O) groups excluding carboxylic acids is 1. The molecule has 0 saturated carbocycles. The van der Waals surface area contributed by atoms with Gasteiger partial charge in [-0.1, -0.05) is 6.08 Å². The smallest absolute Gasteiger partial charge is 0.269 e. The Balaban J connectivity index is 1.56. The van der Waals surface area contributed by atoms with Gasteiger partial charge in [-0.25, -0.2) is 5.43 Å². The number of β-amino-alcohol motifs (C(OH)–C–C–N with tert-alkyl or cyclic N) is 1. The molecule has 0 bridgehead atoms. The molecule has 0 aliphatic carbocycles. The van der Waals surface area contributed by atoms with Crippen LogP contribution in [0.4, 0.5) is 5.69 Å². The molecule has 2 N–H and O–H groups in total. The fourth-order valence-corrected chi connectivity index (χ4v) is 3.01. The quantitative estimate of drug-likeness (QED) is 0.622. The first-order valence-corrected chi connectivity index (χ1v) is 8.22. The largest absolute Gasteiger partial charge is 0.387 e. The Labute approximate surface area is 145 Å². The monoisotopic (exact) mass is 344 g/mol. The Bertz CT molecular complexity index is 727. The van der Waals surface area contributed by atoms with Gasteiger partial charge < -0.3 is 5.11 Å². The SMILES string of the molecule is O=C1CCC(C2=CCN(CC(O)c3ccc([N+](=O)[O-])cc3)CC2)=NN1. The van der Waals surface area contributed by atoms with E-state index in [4.69, 9.17) is 0 Å².